The summed E-state index contributed by atoms with van der Waals surface area (Å²) in [6.45, 7) is 0. The van der Waals surface area contributed by atoms with Gasteiger partial charge < -0.3 is 15.6 Å². The average molecular weight is 440 g/mol. The smallest absolute Gasteiger partial charge is 0.326 e. The van der Waals surface area contributed by atoms with Gasteiger partial charge in [0.05, 0.1) is 23.1 Å². The Morgan fingerprint density at radius 2 is 1.81 bits per heavy atom. The Bertz CT molecular complexity index is 1040. The Balaban J connectivity index is 1.09. The molecule has 8 heteroatoms. The molecule has 32 heavy (non-hydrogen) atoms. The Labute approximate surface area is 187 Å². The van der Waals surface area contributed by atoms with Crippen LogP contribution in [0.3, 0.4) is 0 Å². The lowest BCUT2D eigenvalue weighted by molar-refractivity contribution is -0.131. The van der Waals surface area contributed by atoms with Gasteiger partial charge in [-0.25, -0.2) is 4.79 Å². The first-order valence-electron chi connectivity index (χ1n) is 12.1. The van der Waals surface area contributed by atoms with Crippen LogP contribution in [-0.4, -0.2) is 39.6 Å². The minimum atomic E-state index is -0.114. The number of para-hydroxylation sites is 2. The van der Waals surface area contributed by atoms with Gasteiger partial charge in [0.2, 0.25) is 11.8 Å². The van der Waals surface area contributed by atoms with Crippen LogP contribution in [0.25, 0.3) is 11.0 Å². The molecule has 2 heterocycles. The lowest BCUT2D eigenvalue weighted by Crippen LogP contribution is -2.62. The highest BCUT2D eigenvalue weighted by Crippen LogP contribution is 2.30. The molecule has 2 aliphatic carbocycles. The van der Waals surface area contributed by atoms with E-state index in [4.69, 9.17) is 0 Å². The molecule has 0 bridgehead atoms. The molecule has 3 fully saturated rings. The number of nitrogens with zero attached hydrogens (tertiary/aromatic N) is 1. The highest BCUT2D eigenvalue weighted by molar-refractivity contribution is 5.81. The first-order valence-corrected chi connectivity index (χ1v) is 12.1. The number of carbonyl (C=O) groups is 2. The van der Waals surface area contributed by atoms with Gasteiger partial charge in [0.15, 0.2) is 0 Å². The molecule has 4 N–H and O–H groups in total. The molecule has 172 valence electrons. The highest BCUT2D eigenvalue weighted by atomic mass is 16.2. The maximum Gasteiger partial charge on any atom is 0.326 e. The molecule has 2 saturated carbocycles. The summed E-state index contributed by atoms with van der Waals surface area (Å²) in [5, 5.41) is 9.76. The molecule has 2 amide bonds. The normalized spacial score (nSPS) is 30.5. The summed E-state index contributed by atoms with van der Waals surface area (Å²) >= 11 is 0. The lowest BCUT2D eigenvalue weighted by atomic mass is 9.82. The van der Waals surface area contributed by atoms with Crippen LogP contribution in [0.4, 0.5) is 0 Å². The fourth-order valence-corrected chi connectivity index (χ4v) is 5.87. The molecule has 3 aliphatic rings. The number of benzene rings is 1. The number of aromatic amines is 1. The fourth-order valence-electron chi connectivity index (χ4n) is 5.87. The van der Waals surface area contributed by atoms with Crippen LogP contribution < -0.4 is 21.6 Å². The fraction of sp³-hybridized carbons (Fsp3) is 0.625. The molecular formula is C24H33N5O3. The van der Waals surface area contributed by atoms with Crippen molar-refractivity contribution in [3.05, 3.63) is 34.7 Å². The summed E-state index contributed by atoms with van der Waals surface area (Å²) in [5.74, 6) is 0.276. The van der Waals surface area contributed by atoms with Crippen LogP contribution in [0, 0.1) is 5.92 Å². The van der Waals surface area contributed by atoms with Gasteiger partial charge in [0.25, 0.3) is 0 Å². The van der Waals surface area contributed by atoms with E-state index in [1.54, 1.807) is 0 Å². The monoisotopic (exact) mass is 439 g/mol. The number of carbonyl (C=O) groups excluding carboxylic acids is 2. The molecule has 1 aromatic carbocycles. The average Bonchev–Trinajstić information content (AvgIpc) is 3.14. The van der Waals surface area contributed by atoms with E-state index >= 15 is 0 Å². The van der Waals surface area contributed by atoms with Crippen molar-refractivity contribution < 1.29 is 9.59 Å². The molecule has 1 aliphatic heterocycles. The molecule has 3 atom stereocenters. The number of amides is 2. The van der Waals surface area contributed by atoms with Crippen LogP contribution in [0.5, 0.6) is 0 Å². The zero-order chi connectivity index (χ0) is 22.1. The second-order valence-electron chi connectivity index (χ2n) is 9.65. The number of fused-ring (bicyclic) bond motifs is 2. The van der Waals surface area contributed by atoms with Crippen molar-refractivity contribution in [1.29, 1.82) is 0 Å². The number of rotatable bonds is 5. The van der Waals surface area contributed by atoms with Crippen molar-refractivity contribution in [3.63, 3.8) is 0 Å². The van der Waals surface area contributed by atoms with Crippen LogP contribution in [-0.2, 0) is 9.59 Å². The van der Waals surface area contributed by atoms with Crippen molar-refractivity contribution >= 4 is 22.8 Å². The van der Waals surface area contributed by atoms with Crippen molar-refractivity contribution in [2.45, 2.75) is 88.5 Å². The van der Waals surface area contributed by atoms with E-state index in [1.807, 2.05) is 28.8 Å². The van der Waals surface area contributed by atoms with E-state index in [1.165, 1.54) is 6.42 Å². The summed E-state index contributed by atoms with van der Waals surface area (Å²) in [5.41, 5.74) is 1.77. The highest BCUT2D eigenvalue weighted by Gasteiger charge is 2.37. The van der Waals surface area contributed by atoms with Gasteiger partial charge in [-0.1, -0.05) is 25.0 Å². The predicted molar refractivity (Wildman–Crippen MR) is 122 cm³/mol. The minimum Gasteiger partial charge on any atom is -0.353 e. The minimum absolute atomic E-state index is 0.0412. The van der Waals surface area contributed by atoms with Gasteiger partial charge >= 0.3 is 5.69 Å². The van der Waals surface area contributed by atoms with Crippen molar-refractivity contribution in [3.8, 4) is 0 Å². The van der Waals surface area contributed by atoms with E-state index in [0.29, 0.717) is 12.8 Å². The van der Waals surface area contributed by atoms with E-state index < -0.39 is 0 Å². The molecule has 0 radical (unpaired) electrons. The van der Waals surface area contributed by atoms with Crippen molar-refractivity contribution in [1.82, 2.24) is 25.5 Å². The maximum atomic E-state index is 12.5. The number of nitrogens with one attached hydrogen (secondary N) is 4. The quantitative estimate of drug-likeness (QED) is 0.573. The molecule has 3 unspecified atom stereocenters. The standard InChI is InChI=1S/C24H33N5O3/c30-22(14-13-21-26-18-6-2-1-5-17(18)23(31)28-21)25-15-9-11-16(12-10-15)29-20-8-4-3-7-19(20)27-24(29)32/h3-4,7-8,15-18,21,26H,1-2,5-6,9-14H2,(H,25,30)(H,27,32)(H,28,31). The van der Waals surface area contributed by atoms with Gasteiger partial charge in [-0.15, -0.1) is 0 Å². The third-order valence-electron chi connectivity index (χ3n) is 7.55. The predicted octanol–water partition coefficient (Wildman–Crippen LogP) is 2.31. The summed E-state index contributed by atoms with van der Waals surface area (Å²) < 4.78 is 1.88. The number of imidazole rings is 1. The molecule has 5 rings (SSSR count). The number of hydrogen-bond acceptors (Lipinski definition) is 4. The van der Waals surface area contributed by atoms with Crippen LogP contribution >= 0.6 is 0 Å². The third kappa shape index (κ3) is 4.33. The van der Waals surface area contributed by atoms with Crippen molar-refractivity contribution in [2.75, 3.05) is 0 Å². The second-order valence-corrected chi connectivity index (χ2v) is 9.65. The molecule has 2 aromatic rings. The maximum absolute atomic E-state index is 12.5. The summed E-state index contributed by atoms with van der Waals surface area (Å²) in [7, 11) is 0. The number of aromatic nitrogens is 2. The Kier molecular flexibility index (Phi) is 6.04. The van der Waals surface area contributed by atoms with E-state index in [0.717, 1.165) is 56.0 Å². The third-order valence-corrected chi connectivity index (χ3v) is 7.55. The van der Waals surface area contributed by atoms with E-state index in [2.05, 4.69) is 20.9 Å². The Hall–Kier alpha value is -2.61. The zero-order valence-corrected chi connectivity index (χ0v) is 18.4. The molecule has 0 spiro atoms. The lowest BCUT2D eigenvalue weighted by Gasteiger charge is -2.40. The van der Waals surface area contributed by atoms with Gasteiger partial charge in [-0.05, 0) is 57.1 Å². The summed E-state index contributed by atoms with van der Waals surface area (Å²) in [6, 6.07) is 8.36. The Morgan fingerprint density at radius 3 is 2.66 bits per heavy atom. The van der Waals surface area contributed by atoms with Crippen molar-refractivity contribution in [2.24, 2.45) is 5.92 Å². The second kappa shape index (κ2) is 9.10. The number of H-pyrrole nitrogens is 1. The van der Waals surface area contributed by atoms with Gasteiger partial charge in [0, 0.05) is 24.5 Å². The number of hydrogen-bond donors (Lipinski definition) is 4. The summed E-state index contributed by atoms with van der Waals surface area (Å²) in [4.78, 5) is 40.3. The first kappa shape index (κ1) is 21.2. The molecule has 1 saturated heterocycles. The topological polar surface area (TPSA) is 108 Å². The van der Waals surface area contributed by atoms with Gasteiger partial charge in [-0.3, -0.25) is 19.5 Å². The largest absolute Gasteiger partial charge is 0.353 e. The Morgan fingerprint density at radius 1 is 1.03 bits per heavy atom. The molecular weight excluding hydrogens is 406 g/mol. The summed E-state index contributed by atoms with van der Waals surface area (Å²) in [6.07, 6.45) is 8.67. The molecule has 8 nitrogen and oxygen atoms in total. The zero-order valence-electron chi connectivity index (χ0n) is 18.4. The van der Waals surface area contributed by atoms with E-state index in [9.17, 15) is 14.4 Å². The van der Waals surface area contributed by atoms with Crippen LogP contribution in [0.15, 0.2) is 29.1 Å². The van der Waals surface area contributed by atoms with Crippen LogP contribution in [0.2, 0.25) is 0 Å². The molecule has 1 aromatic heterocycles. The SMILES string of the molecule is O=C(CCC1NC(=O)C2CCCCC2N1)NC1CCC(n2c(=O)[nH]c3ccccc32)CC1. The first-order chi connectivity index (χ1) is 15.6. The van der Waals surface area contributed by atoms with Gasteiger partial charge in [0.1, 0.15) is 0 Å². The van der Waals surface area contributed by atoms with E-state index in [-0.39, 0.29) is 47.7 Å². The van der Waals surface area contributed by atoms with Gasteiger partial charge in [-0.2, -0.15) is 0 Å². The van der Waals surface area contributed by atoms with Crippen LogP contribution in [0.1, 0.15) is 70.3 Å².